The van der Waals surface area contributed by atoms with Gasteiger partial charge in [0.2, 0.25) is 0 Å². The minimum Gasteiger partial charge on any atom is -0.330 e. The molecule has 1 aliphatic carbocycles. The maximum atomic E-state index is 10.8. The summed E-state index contributed by atoms with van der Waals surface area (Å²) in [6.45, 7) is 0.772. The molecule has 0 amide bonds. The van der Waals surface area contributed by atoms with E-state index in [9.17, 15) is 4.21 Å². The third-order valence-corrected chi connectivity index (χ3v) is 2.87. The average molecular weight is 176 g/mol. The fourth-order valence-electron chi connectivity index (χ4n) is 1.63. The maximum absolute atomic E-state index is 10.8. The van der Waals surface area contributed by atoms with Gasteiger partial charge in [0.05, 0.1) is 11.0 Å². The van der Waals surface area contributed by atoms with Crippen LogP contribution in [0.15, 0.2) is 0 Å². The van der Waals surface area contributed by atoms with E-state index >= 15 is 0 Å². The van der Waals surface area contributed by atoms with Crippen molar-refractivity contribution in [2.45, 2.75) is 25.3 Å². The van der Waals surface area contributed by atoms with Gasteiger partial charge >= 0.3 is 0 Å². The number of nitrogens with two attached hydrogens (primary N) is 1. The van der Waals surface area contributed by atoms with Gasteiger partial charge in [0.1, 0.15) is 0 Å². The van der Waals surface area contributed by atoms with Crippen LogP contribution in [0.25, 0.3) is 0 Å². The minimum absolute atomic E-state index is 0.439. The highest BCUT2D eigenvalue weighted by atomic mass is 32.2. The lowest BCUT2D eigenvalue weighted by Gasteiger charge is -2.09. The molecule has 1 rings (SSSR count). The van der Waals surface area contributed by atoms with Gasteiger partial charge in [-0.25, -0.2) is 8.93 Å². The van der Waals surface area contributed by atoms with Gasteiger partial charge in [0.25, 0.3) is 0 Å². The van der Waals surface area contributed by atoms with Crippen LogP contribution in [0, 0.1) is 5.92 Å². The highest BCUT2D eigenvalue weighted by Crippen LogP contribution is 2.24. The van der Waals surface area contributed by atoms with Gasteiger partial charge in [-0.2, -0.15) is 0 Å². The summed E-state index contributed by atoms with van der Waals surface area (Å²) >= 11 is 0. The summed E-state index contributed by atoms with van der Waals surface area (Å²) in [7, 11) is -0.863. The smallest absolute Gasteiger partial charge is 0.0886 e. The zero-order valence-electron chi connectivity index (χ0n) is 6.88. The van der Waals surface area contributed by atoms with Gasteiger partial charge in [-0.15, -0.1) is 0 Å². The van der Waals surface area contributed by atoms with Crippen molar-refractivity contribution in [1.29, 1.82) is 0 Å². The summed E-state index contributed by atoms with van der Waals surface area (Å²) in [5, 5.41) is 0. The average Bonchev–Trinajstić information content (AvgIpc) is 2.34. The van der Waals surface area contributed by atoms with Crippen LogP contribution in [-0.4, -0.2) is 23.1 Å². The first kappa shape index (κ1) is 9.16. The van der Waals surface area contributed by atoms with Gasteiger partial charge in [-0.1, -0.05) is 0 Å². The molecule has 0 bridgehead atoms. The third kappa shape index (κ3) is 2.89. The predicted octanol–water partition coefficient (Wildman–Crippen LogP) is -0.00310. The number of hydrogen-bond donors (Lipinski definition) is 2. The van der Waals surface area contributed by atoms with E-state index in [1.807, 2.05) is 0 Å². The van der Waals surface area contributed by atoms with E-state index in [0.29, 0.717) is 12.0 Å². The summed E-state index contributed by atoms with van der Waals surface area (Å²) in [4.78, 5) is 0. The molecule has 1 aliphatic rings. The molecule has 0 radical (unpaired) electrons. The van der Waals surface area contributed by atoms with Crippen molar-refractivity contribution in [3.05, 3.63) is 0 Å². The molecule has 0 aromatic rings. The Morgan fingerprint density at radius 3 is 2.82 bits per heavy atom. The van der Waals surface area contributed by atoms with Crippen LogP contribution in [0.4, 0.5) is 0 Å². The van der Waals surface area contributed by atoms with Crippen molar-refractivity contribution >= 4 is 11.0 Å². The molecule has 0 spiro atoms. The van der Waals surface area contributed by atoms with E-state index in [2.05, 4.69) is 4.72 Å². The molecule has 4 heteroatoms. The van der Waals surface area contributed by atoms with Crippen LogP contribution in [0.3, 0.4) is 0 Å². The summed E-state index contributed by atoms with van der Waals surface area (Å²) in [5.41, 5.74) is 5.52. The number of nitrogens with one attached hydrogen (secondary N) is 1. The Bertz CT molecular complexity index is 151. The van der Waals surface area contributed by atoms with Crippen molar-refractivity contribution < 1.29 is 4.21 Å². The number of hydrogen-bond acceptors (Lipinski definition) is 2. The van der Waals surface area contributed by atoms with E-state index in [1.54, 1.807) is 6.26 Å². The molecule has 0 saturated heterocycles. The molecule has 3 unspecified atom stereocenters. The fraction of sp³-hybridized carbons (Fsp3) is 1.00. The Kier molecular flexibility index (Phi) is 3.48. The standard InChI is InChI=1S/C7H16N2OS/c1-11(10)9-7-3-2-6(4-7)5-8/h6-7,9H,2-5,8H2,1H3. The molecular formula is C7H16N2OS. The summed E-state index contributed by atoms with van der Waals surface area (Å²) < 4.78 is 13.8. The second kappa shape index (κ2) is 4.18. The monoisotopic (exact) mass is 176 g/mol. The normalized spacial score (nSPS) is 34.0. The second-order valence-corrected chi connectivity index (χ2v) is 4.33. The Hall–Kier alpha value is 0.0700. The lowest BCUT2D eigenvalue weighted by Crippen LogP contribution is -2.28. The molecule has 3 nitrogen and oxygen atoms in total. The van der Waals surface area contributed by atoms with E-state index in [0.717, 1.165) is 19.4 Å². The molecule has 66 valence electrons. The van der Waals surface area contributed by atoms with E-state index in [-0.39, 0.29) is 0 Å². The molecular weight excluding hydrogens is 160 g/mol. The molecule has 0 heterocycles. The van der Waals surface area contributed by atoms with Crippen LogP contribution in [0.1, 0.15) is 19.3 Å². The maximum Gasteiger partial charge on any atom is 0.0886 e. The Morgan fingerprint density at radius 1 is 1.64 bits per heavy atom. The van der Waals surface area contributed by atoms with Crippen LogP contribution < -0.4 is 10.5 Å². The summed E-state index contributed by atoms with van der Waals surface area (Å²) in [6.07, 6.45) is 5.08. The van der Waals surface area contributed by atoms with E-state index < -0.39 is 11.0 Å². The number of rotatable bonds is 3. The van der Waals surface area contributed by atoms with Crippen molar-refractivity contribution in [3.63, 3.8) is 0 Å². The third-order valence-electron chi connectivity index (χ3n) is 2.21. The Morgan fingerprint density at radius 2 is 2.36 bits per heavy atom. The summed E-state index contributed by atoms with van der Waals surface area (Å²) in [6, 6.07) is 0.439. The highest BCUT2D eigenvalue weighted by molar-refractivity contribution is 7.82. The first-order valence-electron chi connectivity index (χ1n) is 4.02. The van der Waals surface area contributed by atoms with Crippen LogP contribution in [0.5, 0.6) is 0 Å². The predicted molar refractivity (Wildman–Crippen MR) is 47.4 cm³/mol. The molecule has 0 aromatic heterocycles. The van der Waals surface area contributed by atoms with Gasteiger partial charge in [0, 0.05) is 12.3 Å². The minimum atomic E-state index is -0.863. The summed E-state index contributed by atoms with van der Waals surface area (Å²) in [5.74, 6) is 0.649. The van der Waals surface area contributed by atoms with Crippen molar-refractivity contribution in [3.8, 4) is 0 Å². The van der Waals surface area contributed by atoms with Crippen LogP contribution in [0.2, 0.25) is 0 Å². The molecule has 1 fully saturated rings. The van der Waals surface area contributed by atoms with Crippen LogP contribution >= 0.6 is 0 Å². The first-order chi connectivity index (χ1) is 5.22. The Labute approximate surface area is 70.3 Å². The van der Waals surface area contributed by atoms with Gasteiger partial charge in [-0.3, -0.25) is 0 Å². The van der Waals surface area contributed by atoms with Crippen molar-refractivity contribution in [2.24, 2.45) is 11.7 Å². The van der Waals surface area contributed by atoms with Crippen molar-refractivity contribution in [2.75, 3.05) is 12.8 Å². The zero-order valence-corrected chi connectivity index (χ0v) is 7.69. The molecule has 1 saturated carbocycles. The lowest BCUT2D eigenvalue weighted by atomic mass is 10.1. The molecule has 11 heavy (non-hydrogen) atoms. The lowest BCUT2D eigenvalue weighted by molar-refractivity contribution is 0.538. The second-order valence-electron chi connectivity index (χ2n) is 3.18. The van der Waals surface area contributed by atoms with Gasteiger partial charge < -0.3 is 5.73 Å². The van der Waals surface area contributed by atoms with E-state index in [4.69, 9.17) is 5.73 Å². The van der Waals surface area contributed by atoms with Gasteiger partial charge in [0.15, 0.2) is 0 Å². The molecule has 3 atom stereocenters. The molecule has 0 aromatic carbocycles. The molecule has 3 N–H and O–H groups in total. The fourth-order valence-corrected chi connectivity index (χ4v) is 2.31. The Balaban J connectivity index is 2.24. The first-order valence-corrected chi connectivity index (χ1v) is 5.58. The van der Waals surface area contributed by atoms with E-state index in [1.165, 1.54) is 6.42 Å². The highest BCUT2D eigenvalue weighted by Gasteiger charge is 2.23. The van der Waals surface area contributed by atoms with Crippen molar-refractivity contribution in [1.82, 2.24) is 4.72 Å². The quantitative estimate of drug-likeness (QED) is 0.636. The van der Waals surface area contributed by atoms with Gasteiger partial charge in [-0.05, 0) is 31.7 Å². The van der Waals surface area contributed by atoms with Crippen LogP contribution in [-0.2, 0) is 11.0 Å². The zero-order chi connectivity index (χ0) is 8.27. The molecule has 0 aliphatic heterocycles. The SMILES string of the molecule is CS(=O)NC1CCC(CN)C1. The topological polar surface area (TPSA) is 55.1 Å². The largest absolute Gasteiger partial charge is 0.330 e.